The minimum Gasteiger partial charge on any atom is -0.493 e. The third-order valence-corrected chi connectivity index (χ3v) is 4.77. The molecule has 3 rings (SSSR count). The molecule has 0 fully saturated rings. The Bertz CT molecular complexity index is 1060. The molecule has 1 atom stereocenters. The van der Waals surface area contributed by atoms with E-state index in [-0.39, 0.29) is 23.8 Å². The third-order valence-electron chi connectivity index (χ3n) is 4.77. The zero-order valence-electron chi connectivity index (χ0n) is 18.2. The fourth-order valence-corrected chi connectivity index (χ4v) is 3.28. The van der Waals surface area contributed by atoms with Gasteiger partial charge in [0.05, 0.1) is 19.4 Å². The standard InChI is InChI=1S/C24H24F3NO5/c1-3-12-31-20-7-5-4-6-18(20)17(10-11-29)19-14-32-23(28-19)16-8-9-21(30-2)22(13-16)33-15-24(25,26)27/h4-9,11,13-14,17H,3,10,12,15H2,1-2H3. The Morgan fingerprint density at radius 1 is 1.09 bits per heavy atom. The van der Waals surface area contributed by atoms with Crippen LogP contribution >= 0.6 is 0 Å². The van der Waals surface area contributed by atoms with Crippen molar-refractivity contribution in [2.45, 2.75) is 31.9 Å². The first-order chi connectivity index (χ1) is 15.9. The van der Waals surface area contributed by atoms with E-state index in [1.54, 1.807) is 6.07 Å². The lowest BCUT2D eigenvalue weighted by Crippen LogP contribution is -2.19. The topological polar surface area (TPSA) is 70.8 Å². The molecule has 2 aromatic carbocycles. The lowest BCUT2D eigenvalue weighted by molar-refractivity contribution is -0.153. The zero-order chi connectivity index (χ0) is 23.8. The average molecular weight is 463 g/mol. The van der Waals surface area contributed by atoms with Crippen LogP contribution in [-0.4, -0.2) is 37.8 Å². The average Bonchev–Trinajstić information content (AvgIpc) is 3.29. The van der Waals surface area contributed by atoms with E-state index in [4.69, 9.17) is 18.6 Å². The van der Waals surface area contributed by atoms with Gasteiger partial charge in [-0.05, 0) is 30.7 Å². The van der Waals surface area contributed by atoms with Gasteiger partial charge < -0.3 is 23.4 Å². The number of methoxy groups -OCH3 is 1. The second-order valence-electron chi connectivity index (χ2n) is 7.19. The Hall–Kier alpha value is -3.49. The number of hydrogen-bond donors (Lipinski definition) is 0. The highest BCUT2D eigenvalue weighted by Gasteiger charge is 2.29. The predicted molar refractivity (Wildman–Crippen MR) is 115 cm³/mol. The maximum absolute atomic E-state index is 12.6. The lowest BCUT2D eigenvalue weighted by Gasteiger charge is -2.17. The summed E-state index contributed by atoms with van der Waals surface area (Å²) >= 11 is 0. The van der Waals surface area contributed by atoms with Crippen molar-refractivity contribution in [1.29, 1.82) is 0 Å². The van der Waals surface area contributed by atoms with Gasteiger partial charge in [0.1, 0.15) is 18.3 Å². The van der Waals surface area contributed by atoms with Gasteiger partial charge >= 0.3 is 6.18 Å². The van der Waals surface area contributed by atoms with Gasteiger partial charge in [-0.25, -0.2) is 4.98 Å². The fourth-order valence-electron chi connectivity index (χ4n) is 3.28. The zero-order valence-corrected chi connectivity index (χ0v) is 18.2. The number of carbonyl (C=O) groups excluding carboxylic acids is 1. The first-order valence-corrected chi connectivity index (χ1v) is 10.3. The molecule has 1 heterocycles. The number of ether oxygens (including phenoxy) is 3. The van der Waals surface area contributed by atoms with Crippen LogP contribution < -0.4 is 14.2 Å². The van der Waals surface area contributed by atoms with Crippen molar-refractivity contribution in [3.05, 3.63) is 60.0 Å². The van der Waals surface area contributed by atoms with Gasteiger partial charge in [0.25, 0.3) is 0 Å². The minimum absolute atomic E-state index is 0.0881. The number of hydrogen-bond acceptors (Lipinski definition) is 6. The molecule has 176 valence electrons. The largest absolute Gasteiger partial charge is 0.493 e. The van der Waals surface area contributed by atoms with E-state index in [2.05, 4.69) is 4.98 Å². The van der Waals surface area contributed by atoms with Crippen LogP contribution in [-0.2, 0) is 4.79 Å². The molecule has 0 aliphatic carbocycles. The smallest absolute Gasteiger partial charge is 0.422 e. The van der Waals surface area contributed by atoms with Crippen LogP contribution in [0.2, 0.25) is 0 Å². The number of halogens is 3. The van der Waals surface area contributed by atoms with Gasteiger partial charge in [-0.3, -0.25) is 0 Å². The Kier molecular flexibility index (Phi) is 7.97. The highest BCUT2D eigenvalue weighted by molar-refractivity contribution is 5.61. The number of aldehydes is 1. The molecular formula is C24H24F3NO5. The van der Waals surface area contributed by atoms with E-state index in [1.165, 1.54) is 25.5 Å². The van der Waals surface area contributed by atoms with Crippen molar-refractivity contribution < 1.29 is 36.6 Å². The lowest BCUT2D eigenvalue weighted by atomic mass is 9.92. The minimum atomic E-state index is -4.49. The van der Waals surface area contributed by atoms with Gasteiger partial charge in [0.2, 0.25) is 5.89 Å². The van der Waals surface area contributed by atoms with Crippen LogP contribution in [0.4, 0.5) is 13.2 Å². The highest BCUT2D eigenvalue weighted by atomic mass is 19.4. The number of benzene rings is 2. The molecule has 6 nitrogen and oxygen atoms in total. The Labute approximate surface area is 189 Å². The van der Waals surface area contributed by atoms with Crippen molar-refractivity contribution in [3.8, 4) is 28.7 Å². The van der Waals surface area contributed by atoms with Gasteiger partial charge in [-0.2, -0.15) is 13.2 Å². The second kappa shape index (κ2) is 10.9. The van der Waals surface area contributed by atoms with Crippen molar-refractivity contribution >= 4 is 6.29 Å². The number of oxazole rings is 1. The molecule has 0 N–H and O–H groups in total. The monoisotopic (exact) mass is 463 g/mol. The van der Waals surface area contributed by atoms with Gasteiger partial charge in [0.15, 0.2) is 18.1 Å². The van der Waals surface area contributed by atoms with Crippen molar-refractivity contribution in [2.75, 3.05) is 20.3 Å². The van der Waals surface area contributed by atoms with E-state index in [9.17, 15) is 18.0 Å². The SMILES string of the molecule is CCCOc1ccccc1C(CC=O)c1coc(-c2ccc(OC)c(OCC(F)(F)F)c2)n1. The van der Waals surface area contributed by atoms with Crippen LogP contribution in [0.3, 0.4) is 0 Å². The maximum Gasteiger partial charge on any atom is 0.422 e. The number of aromatic nitrogens is 1. The molecule has 3 aromatic rings. The van der Waals surface area contributed by atoms with Crippen molar-refractivity contribution in [3.63, 3.8) is 0 Å². The molecule has 0 bridgehead atoms. The number of alkyl halides is 3. The van der Waals surface area contributed by atoms with E-state index < -0.39 is 18.7 Å². The van der Waals surface area contributed by atoms with E-state index in [1.807, 2.05) is 31.2 Å². The summed E-state index contributed by atoms with van der Waals surface area (Å²) in [6.45, 7) is 1.07. The van der Waals surface area contributed by atoms with Crippen molar-refractivity contribution in [2.24, 2.45) is 0 Å². The molecule has 0 amide bonds. The molecule has 0 saturated heterocycles. The first-order valence-electron chi connectivity index (χ1n) is 10.3. The van der Waals surface area contributed by atoms with Gasteiger partial charge in [0, 0.05) is 23.5 Å². The maximum atomic E-state index is 12.6. The second-order valence-corrected chi connectivity index (χ2v) is 7.19. The fraction of sp³-hybridized carbons (Fsp3) is 0.333. The summed E-state index contributed by atoms with van der Waals surface area (Å²) in [4.78, 5) is 15.9. The molecule has 33 heavy (non-hydrogen) atoms. The quantitative estimate of drug-likeness (QED) is 0.335. The summed E-state index contributed by atoms with van der Waals surface area (Å²) < 4.78 is 59.2. The van der Waals surface area contributed by atoms with E-state index in [0.29, 0.717) is 23.6 Å². The molecule has 0 radical (unpaired) electrons. The molecular weight excluding hydrogens is 439 g/mol. The third kappa shape index (κ3) is 6.27. The Balaban J connectivity index is 1.92. The molecule has 0 aliphatic heterocycles. The molecule has 1 unspecified atom stereocenters. The van der Waals surface area contributed by atoms with Crippen LogP contribution in [0.15, 0.2) is 53.1 Å². The molecule has 1 aromatic heterocycles. The van der Waals surface area contributed by atoms with Crippen molar-refractivity contribution in [1.82, 2.24) is 4.98 Å². The van der Waals surface area contributed by atoms with Crippen LogP contribution in [0.1, 0.15) is 36.9 Å². The number of nitrogens with zero attached hydrogens (tertiary/aromatic N) is 1. The highest BCUT2D eigenvalue weighted by Crippen LogP contribution is 2.37. The predicted octanol–water partition coefficient (Wildman–Crippen LogP) is 5.80. The van der Waals surface area contributed by atoms with Gasteiger partial charge in [-0.15, -0.1) is 0 Å². The summed E-state index contributed by atoms with van der Waals surface area (Å²) in [6.07, 6.45) is -1.28. The Morgan fingerprint density at radius 3 is 2.58 bits per heavy atom. The normalized spacial score (nSPS) is 12.3. The molecule has 0 spiro atoms. The molecule has 0 aliphatic rings. The summed E-state index contributed by atoms with van der Waals surface area (Å²) in [7, 11) is 1.33. The summed E-state index contributed by atoms with van der Waals surface area (Å²) in [5.74, 6) is 0.480. The van der Waals surface area contributed by atoms with Gasteiger partial charge in [-0.1, -0.05) is 25.1 Å². The van der Waals surface area contributed by atoms with Crippen LogP contribution in [0.25, 0.3) is 11.5 Å². The number of carbonyl (C=O) groups is 1. The number of para-hydroxylation sites is 1. The summed E-state index contributed by atoms with van der Waals surface area (Å²) in [6, 6.07) is 11.8. The molecule has 0 saturated carbocycles. The Morgan fingerprint density at radius 2 is 1.88 bits per heavy atom. The van der Waals surface area contributed by atoms with E-state index in [0.717, 1.165) is 18.3 Å². The summed E-state index contributed by atoms with van der Waals surface area (Å²) in [5, 5.41) is 0. The molecule has 9 heteroatoms. The van der Waals surface area contributed by atoms with Crippen LogP contribution in [0, 0.1) is 0 Å². The van der Waals surface area contributed by atoms with E-state index >= 15 is 0 Å². The number of rotatable bonds is 11. The van der Waals surface area contributed by atoms with Crippen LogP contribution in [0.5, 0.6) is 17.2 Å². The summed E-state index contributed by atoms with van der Waals surface area (Å²) in [5.41, 5.74) is 1.69. The first kappa shape index (κ1) is 24.2.